The van der Waals surface area contributed by atoms with Crippen molar-refractivity contribution >= 4 is 17.3 Å². The van der Waals surface area contributed by atoms with Crippen molar-refractivity contribution in [2.24, 2.45) is 0 Å². The summed E-state index contributed by atoms with van der Waals surface area (Å²) >= 11 is 5.17. The summed E-state index contributed by atoms with van der Waals surface area (Å²) in [6.45, 7) is 9.33. The average Bonchev–Trinajstić information content (AvgIpc) is 2.26. The van der Waals surface area contributed by atoms with Gasteiger partial charge in [-0.05, 0) is 43.1 Å². The summed E-state index contributed by atoms with van der Waals surface area (Å²) in [5.74, 6) is 0.584. The van der Waals surface area contributed by atoms with Gasteiger partial charge in [-0.2, -0.15) is 0 Å². The first-order chi connectivity index (χ1) is 7.99. The molecule has 3 heteroatoms. The second kappa shape index (κ2) is 6.60. The summed E-state index contributed by atoms with van der Waals surface area (Å²) < 4.78 is 0. The molecule has 0 heterocycles. The highest BCUT2D eigenvalue weighted by Gasteiger charge is 2.00. The third-order valence-corrected chi connectivity index (χ3v) is 2.78. The van der Waals surface area contributed by atoms with Crippen molar-refractivity contribution in [1.82, 2.24) is 10.6 Å². The Labute approximate surface area is 110 Å². The van der Waals surface area contributed by atoms with Crippen molar-refractivity contribution in [3.63, 3.8) is 0 Å². The maximum Gasteiger partial charge on any atom is 0.166 e. The molecule has 0 saturated heterocycles. The number of thiocarbonyl (C=S) groups is 1. The van der Waals surface area contributed by atoms with Crippen LogP contribution in [0.2, 0.25) is 0 Å². The topological polar surface area (TPSA) is 24.1 Å². The van der Waals surface area contributed by atoms with Crippen LogP contribution in [0.1, 0.15) is 44.7 Å². The maximum absolute atomic E-state index is 5.17. The molecule has 0 bridgehead atoms. The van der Waals surface area contributed by atoms with Crippen molar-refractivity contribution in [1.29, 1.82) is 0 Å². The van der Waals surface area contributed by atoms with E-state index in [1.165, 1.54) is 11.1 Å². The third kappa shape index (κ3) is 5.18. The Morgan fingerprint density at radius 3 is 2.18 bits per heavy atom. The van der Waals surface area contributed by atoms with Crippen LogP contribution in [0.3, 0.4) is 0 Å². The van der Waals surface area contributed by atoms with Crippen LogP contribution in [-0.2, 0) is 6.54 Å². The van der Waals surface area contributed by atoms with Crippen molar-refractivity contribution in [2.45, 2.75) is 46.2 Å². The van der Waals surface area contributed by atoms with Crippen LogP contribution < -0.4 is 10.6 Å². The Morgan fingerprint density at radius 1 is 1.12 bits per heavy atom. The van der Waals surface area contributed by atoms with E-state index < -0.39 is 0 Å². The Kier molecular flexibility index (Phi) is 5.42. The molecule has 0 aliphatic carbocycles. The van der Waals surface area contributed by atoms with E-state index in [-0.39, 0.29) is 0 Å². The second-order valence-corrected chi connectivity index (χ2v) is 5.29. The quantitative estimate of drug-likeness (QED) is 0.803. The normalized spacial score (nSPS) is 10.7. The van der Waals surface area contributed by atoms with E-state index in [2.05, 4.69) is 62.6 Å². The lowest BCUT2D eigenvalue weighted by atomic mass is 10.0. The van der Waals surface area contributed by atoms with E-state index in [4.69, 9.17) is 12.2 Å². The van der Waals surface area contributed by atoms with Crippen LogP contribution in [0.4, 0.5) is 0 Å². The van der Waals surface area contributed by atoms with Crippen LogP contribution in [0.15, 0.2) is 24.3 Å². The highest BCUT2D eigenvalue weighted by molar-refractivity contribution is 7.80. The number of hydrogen-bond donors (Lipinski definition) is 2. The van der Waals surface area contributed by atoms with Crippen molar-refractivity contribution in [2.75, 3.05) is 0 Å². The van der Waals surface area contributed by atoms with Crippen LogP contribution in [0, 0.1) is 0 Å². The minimum atomic E-state index is 0.373. The lowest BCUT2D eigenvalue weighted by molar-refractivity contribution is 0.712. The van der Waals surface area contributed by atoms with Gasteiger partial charge in [-0.1, -0.05) is 38.1 Å². The fourth-order valence-electron chi connectivity index (χ4n) is 1.52. The highest BCUT2D eigenvalue weighted by atomic mass is 32.1. The monoisotopic (exact) mass is 250 g/mol. The standard InChI is InChI=1S/C14H22N2S/c1-10(2)13-7-5-12(6-8-13)9-15-14(17)16-11(3)4/h5-8,10-11H,9H2,1-4H3,(H2,15,16,17). The van der Waals surface area contributed by atoms with Crippen LogP contribution in [0.5, 0.6) is 0 Å². The van der Waals surface area contributed by atoms with Gasteiger partial charge in [-0.3, -0.25) is 0 Å². The van der Waals surface area contributed by atoms with Gasteiger partial charge in [0.1, 0.15) is 0 Å². The van der Waals surface area contributed by atoms with Crippen LogP contribution in [-0.4, -0.2) is 11.2 Å². The summed E-state index contributed by atoms with van der Waals surface area (Å²) in [6, 6.07) is 9.04. The first kappa shape index (κ1) is 14.0. The minimum Gasteiger partial charge on any atom is -0.361 e. The summed E-state index contributed by atoms with van der Waals surface area (Å²) in [4.78, 5) is 0. The van der Waals surface area contributed by atoms with Crippen LogP contribution >= 0.6 is 12.2 Å². The molecule has 0 radical (unpaired) electrons. The zero-order valence-corrected chi connectivity index (χ0v) is 11.9. The SMILES string of the molecule is CC(C)NC(=S)NCc1ccc(C(C)C)cc1. The molecule has 2 nitrogen and oxygen atoms in total. The molecule has 0 saturated carbocycles. The average molecular weight is 250 g/mol. The van der Waals surface area contributed by atoms with Gasteiger partial charge in [-0.25, -0.2) is 0 Å². The number of nitrogens with one attached hydrogen (secondary N) is 2. The van der Waals surface area contributed by atoms with E-state index in [0.717, 1.165) is 6.54 Å². The molecule has 0 aromatic heterocycles. The summed E-state index contributed by atoms with van der Waals surface area (Å²) in [6.07, 6.45) is 0. The number of benzene rings is 1. The Morgan fingerprint density at radius 2 is 1.71 bits per heavy atom. The van der Waals surface area contributed by atoms with Crippen molar-refractivity contribution in [3.05, 3.63) is 35.4 Å². The van der Waals surface area contributed by atoms with Gasteiger partial charge in [-0.15, -0.1) is 0 Å². The molecule has 1 aromatic rings. The molecule has 0 spiro atoms. The smallest absolute Gasteiger partial charge is 0.166 e. The lowest BCUT2D eigenvalue weighted by Gasteiger charge is -2.13. The van der Waals surface area contributed by atoms with E-state index in [1.54, 1.807) is 0 Å². The maximum atomic E-state index is 5.17. The molecule has 0 unspecified atom stereocenters. The van der Waals surface area contributed by atoms with E-state index in [9.17, 15) is 0 Å². The molecule has 1 rings (SSSR count). The van der Waals surface area contributed by atoms with Crippen LogP contribution in [0.25, 0.3) is 0 Å². The predicted octanol–water partition coefficient (Wildman–Crippen LogP) is 3.18. The van der Waals surface area contributed by atoms with Gasteiger partial charge in [0.25, 0.3) is 0 Å². The summed E-state index contributed by atoms with van der Waals surface area (Å²) in [5, 5.41) is 7.08. The molecule has 94 valence electrons. The predicted molar refractivity (Wildman–Crippen MR) is 78.2 cm³/mol. The number of rotatable bonds is 4. The van der Waals surface area contributed by atoms with Gasteiger partial charge >= 0.3 is 0 Å². The van der Waals surface area contributed by atoms with E-state index in [1.807, 2.05) is 0 Å². The zero-order chi connectivity index (χ0) is 12.8. The highest BCUT2D eigenvalue weighted by Crippen LogP contribution is 2.14. The Balaban J connectivity index is 2.44. The largest absolute Gasteiger partial charge is 0.361 e. The summed E-state index contributed by atoms with van der Waals surface area (Å²) in [7, 11) is 0. The molecular weight excluding hydrogens is 228 g/mol. The molecule has 0 fully saturated rings. The Hall–Kier alpha value is -1.09. The second-order valence-electron chi connectivity index (χ2n) is 4.88. The molecule has 0 aliphatic heterocycles. The van der Waals surface area contributed by atoms with Crippen molar-refractivity contribution < 1.29 is 0 Å². The van der Waals surface area contributed by atoms with Gasteiger partial charge < -0.3 is 10.6 Å². The molecule has 0 atom stereocenters. The molecule has 0 aliphatic rings. The van der Waals surface area contributed by atoms with Gasteiger partial charge in [0.05, 0.1) is 0 Å². The molecular formula is C14H22N2S. The van der Waals surface area contributed by atoms with E-state index in [0.29, 0.717) is 17.1 Å². The fourth-order valence-corrected chi connectivity index (χ4v) is 1.82. The van der Waals surface area contributed by atoms with Gasteiger partial charge in [0, 0.05) is 12.6 Å². The van der Waals surface area contributed by atoms with Gasteiger partial charge in [0.2, 0.25) is 0 Å². The fraction of sp³-hybridized carbons (Fsp3) is 0.500. The van der Waals surface area contributed by atoms with Gasteiger partial charge in [0.15, 0.2) is 5.11 Å². The van der Waals surface area contributed by atoms with E-state index >= 15 is 0 Å². The first-order valence-corrected chi connectivity index (χ1v) is 6.53. The van der Waals surface area contributed by atoms with Crippen molar-refractivity contribution in [3.8, 4) is 0 Å². The molecule has 0 amide bonds. The molecule has 1 aromatic carbocycles. The number of hydrogen-bond acceptors (Lipinski definition) is 1. The summed E-state index contributed by atoms with van der Waals surface area (Å²) in [5.41, 5.74) is 2.62. The molecule has 17 heavy (non-hydrogen) atoms. The minimum absolute atomic E-state index is 0.373. The Bertz CT molecular complexity index is 355. The lowest BCUT2D eigenvalue weighted by Crippen LogP contribution is -2.38. The first-order valence-electron chi connectivity index (χ1n) is 6.12. The third-order valence-electron chi connectivity index (χ3n) is 2.52. The zero-order valence-electron chi connectivity index (χ0n) is 11.1. The molecule has 2 N–H and O–H groups in total.